The molecule has 0 aliphatic heterocycles. The first kappa shape index (κ1) is 16.0. The summed E-state index contributed by atoms with van der Waals surface area (Å²) in [5.41, 5.74) is 3.04. The highest BCUT2D eigenvalue weighted by Gasteiger charge is 2.11. The molecule has 2 aromatic carbocycles. The molecule has 0 bridgehead atoms. The van der Waals surface area contributed by atoms with Crippen LogP contribution in [-0.2, 0) is 6.42 Å². The van der Waals surface area contributed by atoms with Crippen LogP contribution in [-0.4, -0.2) is 0 Å². The molecule has 0 spiro atoms. The molecule has 1 N–H and O–H groups in total. The molecule has 1 unspecified atom stereocenters. The minimum absolute atomic E-state index is 0.0698. The van der Waals surface area contributed by atoms with Crippen molar-refractivity contribution in [2.24, 2.45) is 0 Å². The Morgan fingerprint density at radius 3 is 2.48 bits per heavy atom. The van der Waals surface area contributed by atoms with E-state index in [4.69, 9.17) is 0 Å². The van der Waals surface area contributed by atoms with Crippen molar-refractivity contribution in [3.05, 3.63) is 63.9 Å². The van der Waals surface area contributed by atoms with E-state index >= 15 is 0 Å². The van der Waals surface area contributed by atoms with Crippen molar-refractivity contribution in [2.75, 3.05) is 5.32 Å². The number of nitrogens with one attached hydrogen (secondary N) is 1. The standard InChI is InChI=1S/C18H21BrFN/c1-3-4-5-14-6-9-16(10-7-14)21-13(2)17-11-8-15(19)12-18(17)20/h6-13,21H,3-5H2,1-2H3. The molecular weight excluding hydrogens is 329 g/mol. The molecule has 2 aromatic rings. The summed E-state index contributed by atoms with van der Waals surface area (Å²) >= 11 is 3.28. The Balaban J connectivity index is 2.03. The zero-order valence-electron chi connectivity index (χ0n) is 12.5. The molecule has 0 saturated carbocycles. The number of aryl methyl sites for hydroxylation is 1. The van der Waals surface area contributed by atoms with Crippen molar-refractivity contribution in [3.8, 4) is 0 Å². The van der Waals surface area contributed by atoms with Crippen LogP contribution in [0.3, 0.4) is 0 Å². The third-order valence-electron chi connectivity index (χ3n) is 3.59. The maximum absolute atomic E-state index is 13.9. The zero-order chi connectivity index (χ0) is 15.2. The summed E-state index contributed by atoms with van der Waals surface area (Å²) in [6.45, 7) is 4.17. The van der Waals surface area contributed by atoms with Crippen LogP contribution in [0.1, 0.15) is 43.9 Å². The van der Waals surface area contributed by atoms with E-state index in [0.717, 1.165) is 16.6 Å². The summed E-state index contributed by atoms with van der Waals surface area (Å²) in [6.07, 6.45) is 3.54. The first-order chi connectivity index (χ1) is 10.1. The van der Waals surface area contributed by atoms with E-state index < -0.39 is 0 Å². The highest BCUT2D eigenvalue weighted by molar-refractivity contribution is 9.10. The van der Waals surface area contributed by atoms with Gasteiger partial charge >= 0.3 is 0 Å². The second-order valence-corrected chi connectivity index (χ2v) is 6.25. The van der Waals surface area contributed by atoms with E-state index in [1.165, 1.54) is 24.5 Å². The zero-order valence-corrected chi connectivity index (χ0v) is 14.1. The van der Waals surface area contributed by atoms with Crippen molar-refractivity contribution < 1.29 is 4.39 Å². The Bertz CT molecular complexity index is 580. The Morgan fingerprint density at radius 1 is 1.14 bits per heavy atom. The number of halogens is 2. The lowest BCUT2D eigenvalue weighted by Gasteiger charge is -2.17. The molecule has 0 radical (unpaired) electrons. The van der Waals surface area contributed by atoms with Crippen LogP contribution in [0.25, 0.3) is 0 Å². The number of unbranched alkanes of at least 4 members (excludes halogenated alkanes) is 1. The number of hydrogen-bond donors (Lipinski definition) is 1. The fourth-order valence-corrected chi connectivity index (χ4v) is 2.66. The molecule has 21 heavy (non-hydrogen) atoms. The summed E-state index contributed by atoms with van der Waals surface area (Å²) in [7, 11) is 0. The molecule has 0 heterocycles. The topological polar surface area (TPSA) is 12.0 Å². The first-order valence-electron chi connectivity index (χ1n) is 7.40. The largest absolute Gasteiger partial charge is 0.378 e. The number of rotatable bonds is 6. The molecule has 0 saturated heterocycles. The summed E-state index contributed by atoms with van der Waals surface area (Å²) < 4.78 is 14.7. The molecule has 3 heteroatoms. The first-order valence-corrected chi connectivity index (χ1v) is 8.20. The van der Waals surface area contributed by atoms with Gasteiger partial charge in [0.2, 0.25) is 0 Å². The Kier molecular flexibility index (Phi) is 5.80. The summed E-state index contributed by atoms with van der Waals surface area (Å²) in [5.74, 6) is -0.191. The van der Waals surface area contributed by atoms with Crippen LogP contribution in [0, 0.1) is 5.82 Å². The quantitative estimate of drug-likeness (QED) is 0.663. The van der Waals surface area contributed by atoms with Crippen LogP contribution in [0.4, 0.5) is 10.1 Å². The summed E-state index contributed by atoms with van der Waals surface area (Å²) in [6, 6.07) is 13.5. The van der Waals surface area contributed by atoms with Crippen molar-refractivity contribution in [2.45, 2.75) is 39.2 Å². The van der Waals surface area contributed by atoms with Crippen molar-refractivity contribution in [1.82, 2.24) is 0 Å². The second-order valence-electron chi connectivity index (χ2n) is 5.33. The van der Waals surface area contributed by atoms with Crippen LogP contribution < -0.4 is 5.32 Å². The van der Waals surface area contributed by atoms with E-state index in [9.17, 15) is 4.39 Å². The van der Waals surface area contributed by atoms with Crippen LogP contribution in [0.2, 0.25) is 0 Å². The number of hydrogen-bond acceptors (Lipinski definition) is 1. The van der Waals surface area contributed by atoms with Crippen LogP contribution >= 0.6 is 15.9 Å². The van der Waals surface area contributed by atoms with Gasteiger partial charge in [0.1, 0.15) is 5.82 Å². The number of anilines is 1. The fraction of sp³-hybridized carbons (Fsp3) is 0.333. The second kappa shape index (κ2) is 7.60. The Labute approximate surface area is 134 Å². The minimum Gasteiger partial charge on any atom is -0.378 e. The van der Waals surface area contributed by atoms with Gasteiger partial charge in [-0.05, 0) is 49.6 Å². The van der Waals surface area contributed by atoms with E-state index in [-0.39, 0.29) is 11.9 Å². The molecule has 1 atom stereocenters. The van der Waals surface area contributed by atoms with Gasteiger partial charge in [0, 0.05) is 15.7 Å². The normalized spacial score (nSPS) is 12.2. The lowest BCUT2D eigenvalue weighted by molar-refractivity contribution is 0.599. The van der Waals surface area contributed by atoms with E-state index in [1.54, 1.807) is 0 Å². The van der Waals surface area contributed by atoms with Gasteiger partial charge in [-0.2, -0.15) is 0 Å². The highest BCUT2D eigenvalue weighted by Crippen LogP contribution is 2.24. The van der Waals surface area contributed by atoms with Gasteiger partial charge in [-0.3, -0.25) is 0 Å². The van der Waals surface area contributed by atoms with Gasteiger partial charge < -0.3 is 5.32 Å². The van der Waals surface area contributed by atoms with Crippen LogP contribution in [0.15, 0.2) is 46.9 Å². The van der Waals surface area contributed by atoms with Crippen molar-refractivity contribution in [3.63, 3.8) is 0 Å². The van der Waals surface area contributed by atoms with Gasteiger partial charge in [-0.25, -0.2) is 4.39 Å². The third kappa shape index (κ3) is 4.57. The average Bonchev–Trinajstić information content (AvgIpc) is 2.46. The smallest absolute Gasteiger partial charge is 0.129 e. The van der Waals surface area contributed by atoms with Crippen molar-refractivity contribution in [1.29, 1.82) is 0 Å². The van der Waals surface area contributed by atoms with Gasteiger partial charge in [0.05, 0.1) is 6.04 Å². The SMILES string of the molecule is CCCCc1ccc(NC(C)c2ccc(Br)cc2F)cc1. The summed E-state index contributed by atoms with van der Waals surface area (Å²) in [5, 5.41) is 3.35. The lowest BCUT2D eigenvalue weighted by atomic mass is 10.1. The maximum atomic E-state index is 13.9. The molecule has 0 aromatic heterocycles. The molecule has 0 aliphatic carbocycles. The number of benzene rings is 2. The Morgan fingerprint density at radius 2 is 1.86 bits per heavy atom. The van der Waals surface area contributed by atoms with E-state index in [2.05, 4.69) is 52.4 Å². The molecule has 112 valence electrons. The average molecular weight is 350 g/mol. The van der Waals surface area contributed by atoms with Gasteiger partial charge in [0.15, 0.2) is 0 Å². The monoisotopic (exact) mass is 349 g/mol. The summed E-state index contributed by atoms with van der Waals surface area (Å²) in [4.78, 5) is 0. The molecule has 1 nitrogen and oxygen atoms in total. The lowest BCUT2D eigenvalue weighted by Crippen LogP contribution is -2.08. The molecule has 2 rings (SSSR count). The highest BCUT2D eigenvalue weighted by atomic mass is 79.9. The van der Waals surface area contributed by atoms with Gasteiger partial charge in [-0.1, -0.05) is 47.5 Å². The third-order valence-corrected chi connectivity index (χ3v) is 4.08. The fourth-order valence-electron chi connectivity index (χ4n) is 2.33. The predicted octanol–water partition coefficient (Wildman–Crippen LogP) is 6.10. The van der Waals surface area contributed by atoms with E-state index in [1.807, 2.05) is 19.1 Å². The van der Waals surface area contributed by atoms with E-state index in [0.29, 0.717) is 5.56 Å². The molecule has 0 amide bonds. The molecule has 0 fully saturated rings. The maximum Gasteiger partial charge on any atom is 0.129 e. The van der Waals surface area contributed by atoms with Gasteiger partial charge in [-0.15, -0.1) is 0 Å². The van der Waals surface area contributed by atoms with Crippen LogP contribution in [0.5, 0.6) is 0 Å². The predicted molar refractivity (Wildman–Crippen MR) is 91.2 cm³/mol. The molecular formula is C18H21BrFN. The minimum atomic E-state index is -0.191. The molecule has 0 aliphatic rings. The van der Waals surface area contributed by atoms with Crippen molar-refractivity contribution >= 4 is 21.6 Å². The van der Waals surface area contributed by atoms with Gasteiger partial charge in [0.25, 0.3) is 0 Å². The Hall–Kier alpha value is -1.35.